The topological polar surface area (TPSA) is 69.0 Å². The van der Waals surface area contributed by atoms with Crippen LogP contribution in [0.25, 0.3) is 10.9 Å². The van der Waals surface area contributed by atoms with E-state index in [4.69, 9.17) is 4.99 Å². The van der Waals surface area contributed by atoms with Crippen molar-refractivity contribution in [2.45, 2.75) is 11.4 Å². The quantitative estimate of drug-likeness (QED) is 0.345. The first-order valence-electron chi connectivity index (χ1n) is 11.0. The van der Waals surface area contributed by atoms with Crippen LogP contribution in [0.4, 0.5) is 11.4 Å². The molecule has 6 nitrogen and oxygen atoms in total. The number of hydrogen-bond acceptors (Lipinski definition) is 7. The molecule has 0 radical (unpaired) electrons. The number of carbonyl (C=O) groups is 1. The maximum atomic E-state index is 13.8. The van der Waals surface area contributed by atoms with Gasteiger partial charge >= 0.3 is 0 Å². The smallest absolute Gasteiger partial charge is 0.269 e. The highest BCUT2D eigenvalue weighted by Gasteiger charge is 2.39. The summed E-state index contributed by atoms with van der Waals surface area (Å²) in [5, 5.41) is 12.5. The lowest BCUT2D eigenvalue weighted by Gasteiger charge is -2.17. The monoisotopic (exact) mass is 496 g/mol. The summed E-state index contributed by atoms with van der Waals surface area (Å²) in [5.41, 5.74) is 3.25. The Labute approximate surface area is 211 Å². The highest BCUT2D eigenvalue weighted by molar-refractivity contribution is 8.19. The van der Waals surface area contributed by atoms with Crippen LogP contribution in [0.3, 0.4) is 0 Å². The molecule has 35 heavy (non-hydrogen) atoms. The number of phenolic OH excluding ortho intramolecular Hbond substituents is 1. The molecular weight excluding hydrogens is 476 g/mol. The Morgan fingerprint density at radius 3 is 2.57 bits per heavy atom. The average molecular weight is 497 g/mol. The molecule has 3 heterocycles. The third-order valence-corrected chi connectivity index (χ3v) is 8.35. The molecule has 1 saturated heterocycles. The minimum Gasteiger partial charge on any atom is -0.506 e. The third kappa shape index (κ3) is 3.84. The zero-order valence-electron chi connectivity index (χ0n) is 18.8. The van der Waals surface area contributed by atoms with Crippen molar-refractivity contribution in [2.75, 3.05) is 11.9 Å². The fourth-order valence-electron chi connectivity index (χ4n) is 4.17. The Morgan fingerprint density at radius 2 is 1.74 bits per heavy atom. The summed E-state index contributed by atoms with van der Waals surface area (Å²) in [5.74, 6) is 0.0337. The van der Waals surface area contributed by atoms with E-state index in [0.29, 0.717) is 27.8 Å². The summed E-state index contributed by atoms with van der Waals surface area (Å²) in [6.07, 6.45) is 1.64. The number of aromatic nitrogens is 1. The number of rotatable bonds is 3. The Hall–Kier alpha value is -3.75. The van der Waals surface area contributed by atoms with Gasteiger partial charge in [0.1, 0.15) is 16.2 Å². The van der Waals surface area contributed by atoms with E-state index in [9.17, 15) is 9.90 Å². The van der Waals surface area contributed by atoms with Crippen LogP contribution in [-0.4, -0.2) is 33.1 Å². The molecule has 0 spiro atoms. The van der Waals surface area contributed by atoms with Crippen molar-refractivity contribution in [1.29, 1.82) is 0 Å². The van der Waals surface area contributed by atoms with E-state index < -0.39 is 0 Å². The second-order valence-electron chi connectivity index (χ2n) is 8.14. The molecule has 1 fully saturated rings. The highest BCUT2D eigenvalue weighted by atomic mass is 32.2. The van der Waals surface area contributed by atoms with E-state index in [-0.39, 0.29) is 11.7 Å². The van der Waals surface area contributed by atoms with Crippen molar-refractivity contribution < 1.29 is 9.90 Å². The van der Waals surface area contributed by atoms with Gasteiger partial charge in [-0.1, -0.05) is 54.2 Å². The van der Waals surface area contributed by atoms with Crippen molar-refractivity contribution in [1.82, 2.24) is 9.88 Å². The minimum atomic E-state index is -0.0685. The van der Waals surface area contributed by atoms with E-state index in [2.05, 4.69) is 22.0 Å². The molecule has 2 aliphatic rings. The number of fused-ring (bicyclic) bond motifs is 2. The molecule has 6 rings (SSSR count). The summed E-state index contributed by atoms with van der Waals surface area (Å²) in [6.45, 7) is 0.415. The number of amides is 1. The normalized spacial score (nSPS) is 18.7. The lowest BCUT2D eigenvalue weighted by molar-refractivity contribution is -0.122. The third-order valence-electron chi connectivity index (χ3n) is 5.92. The van der Waals surface area contributed by atoms with Gasteiger partial charge in [0.05, 0.1) is 22.9 Å². The van der Waals surface area contributed by atoms with E-state index in [1.54, 1.807) is 35.0 Å². The van der Waals surface area contributed by atoms with Gasteiger partial charge < -0.3 is 10.0 Å². The Balaban J connectivity index is 1.46. The zero-order chi connectivity index (χ0) is 23.9. The summed E-state index contributed by atoms with van der Waals surface area (Å²) in [6, 6.07) is 25.1. The first-order chi connectivity index (χ1) is 17.1. The Bertz CT molecular complexity index is 1540. The molecule has 4 aromatic rings. The number of amidine groups is 1. The molecule has 0 atom stereocenters. The zero-order valence-corrected chi connectivity index (χ0v) is 20.4. The van der Waals surface area contributed by atoms with Crippen LogP contribution >= 0.6 is 23.5 Å². The van der Waals surface area contributed by atoms with Crippen molar-refractivity contribution in [3.8, 4) is 5.75 Å². The fraction of sp³-hybridized carbons (Fsp3) is 0.0741. The number of carbonyl (C=O) groups excluding carboxylic acids is 1. The lowest BCUT2D eigenvalue weighted by atomic mass is 10.1. The second kappa shape index (κ2) is 8.79. The van der Waals surface area contributed by atoms with Gasteiger partial charge in [-0.2, -0.15) is 0 Å². The number of thioether (sulfide) groups is 2. The highest BCUT2D eigenvalue weighted by Crippen LogP contribution is 2.50. The van der Waals surface area contributed by atoms with E-state index in [1.807, 2.05) is 61.6 Å². The molecule has 172 valence electrons. The van der Waals surface area contributed by atoms with Crippen LogP contribution in [-0.2, 0) is 11.3 Å². The molecule has 8 heteroatoms. The molecular formula is C27H20N4O2S2. The Kier molecular flexibility index (Phi) is 5.47. The SMILES string of the molecule is CN1/C(=C2/S/C(=N\c3ccc(O)c4ncccc34)N(Cc3ccccc3)C2=O)Sc2ccccc21. The van der Waals surface area contributed by atoms with Crippen molar-refractivity contribution >= 4 is 56.9 Å². The summed E-state index contributed by atoms with van der Waals surface area (Å²) < 4.78 is 0. The van der Waals surface area contributed by atoms with Gasteiger partial charge in [-0.25, -0.2) is 4.99 Å². The predicted molar refractivity (Wildman–Crippen MR) is 143 cm³/mol. The molecule has 0 bridgehead atoms. The minimum absolute atomic E-state index is 0.0685. The molecule has 0 unspecified atom stereocenters. The summed E-state index contributed by atoms with van der Waals surface area (Å²) >= 11 is 2.99. The van der Waals surface area contributed by atoms with Gasteiger partial charge in [0.15, 0.2) is 5.17 Å². The number of benzene rings is 3. The number of para-hydroxylation sites is 1. The number of anilines is 1. The summed E-state index contributed by atoms with van der Waals surface area (Å²) in [7, 11) is 1.99. The van der Waals surface area contributed by atoms with Gasteiger partial charge in [0.2, 0.25) is 0 Å². The molecule has 0 saturated carbocycles. The molecule has 1 aromatic heterocycles. The maximum absolute atomic E-state index is 13.8. The molecule has 1 amide bonds. The average Bonchev–Trinajstić information content (AvgIpc) is 3.38. The number of pyridine rings is 1. The van der Waals surface area contributed by atoms with Gasteiger partial charge in [-0.3, -0.25) is 14.7 Å². The van der Waals surface area contributed by atoms with Crippen LogP contribution < -0.4 is 4.90 Å². The van der Waals surface area contributed by atoms with Crippen LogP contribution in [0.1, 0.15) is 5.56 Å². The van der Waals surface area contributed by atoms with E-state index >= 15 is 0 Å². The maximum Gasteiger partial charge on any atom is 0.269 e. The molecule has 3 aromatic carbocycles. The first kappa shape index (κ1) is 21.8. The van der Waals surface area contributed by atoms with E-state index in [0.717, 1.165) is 26.6 Å². The van der Waals surface area contributed by atoms with Crippen molar-refractivity contribution in [3.63, 3.8) is 0 Å². The predicted octanol–water partition coefficient (Wildman–Crippen LogP) is 6.11. The molecule has 1 N–H and O–H groups in total. The van der Waals surface area contributed by atoms with Crippen LogP contribution in [0.15, 0.2) is 105 Å². The fourth-order valence-corrected chi connectivity index (χ4v) is 6.50. The van der Waals surface area contributed by atoms with Gasteiger partial charge in [0, 0.05) is 23.5 Å². The first-order valence-corrected chi connectivity index (χ1v) is 12.7. The van der Waals surface area contributed by atoms with Gasteiger partial charge in [-0.15, -0.1) is 0 Å². The Morgan fingerprint density at radius 1 is 0.943 bits per heavy atom. The van der Waals surface area contributed by atoms with Crippen LogP contribution in [0.5, 0.6) is 5.75 Å². The largest absolute Gasteiger partial charge is 0.506 e. The number of nitrogens with zero attached hydrogens (tertiary/aromatic N) is 4. The number of hydrogen-bond donors (Lipinski definition) is 1. The van der Waals surface area contributed by atoms with Crippen molar-refractivity contribution in [3.05, 3.63) is 101 Å². The lowest BCUT2D eigenvalue weighted by Crippen LogP contribution is -2.29. The molecule has 0 aliphatic carbocycles. The number of phenols is 1. The number of aliphatic imine (C=N–C) groups is 1. The second-order valence-corrected chi connectivity index (χ2v) is 10.1. The van der Waals surface area contributed by atoms with Crippen LogP contribution in [0.2, 0.25) is 0 Å². The van der Waals surface area contributed by atoms with Crippen LogP contribution in [0, 0.1) is 0 Å². The van der Waals surface area contributed by atoms with E-state index in [1.165, 1.54) is 11.8 Å². The standard InChI is InChI=1S/C27H20N4O2S2/c1-30-20-11-5-6-12-22(20)34-26(30)24-25(33)31(16-17-8-3-2-4-9-17)27(35-24)29-19-13-14-21(32)23-18(19)10-7-15-28-23/h2-15,32H,16H2,1H3/b26-24-,29-27-. The molecule has 2 aliphatic heterocycles. The summed E-state index contributed by atoms with van der Waals surface area (Å²) in [4.78, 5) is 28.6. The van der Waals surface area contributed by atoms with Gasteiger partial charge in [0.25, 0.3) is 5.91 Å². The van der Waals surface area contributed by atoms with Crippen molar-refractivity contribution in [2.24, 2.45) is 4.99 Å². The van der Waals surface area contributed by atoms with Gasteiger partial charge in [-0.05, 0) is 53.7 Å². The number of aromatic hydroxyl groups is 1.